The van der Waals surface area contributed by atoms with E-state index in [2.05, 4.69) is 0 Å². The zero-order valence-corrected chi connectivity index (χ0v) is 20.9. The molecule has 0 aromatic heterocycles. The van der Waals surface area contributed by atoms with Gasteiger partial charge in [-0.1, -0.05) is 6.07 Å². The molecule has 0 aliphatic carbocycles. The van der Waals surface area contributed by atoms with Crippen molar-refractivity contribution in [3.8, 4) is 5.75 Å². The molecule has 0 bridgehead atoms. The molecular weight excluding hydrogens is 444 g/mol. The fraction of sp³-hybridized carbons (Fsp3) is 0.429. The second kappa shape index (κ2) is 7.77. The molecule has 1 spiro atoms. The van der Waals surface area contributed by atoms with Gasteiger partial charge >= 0.3 is 0 Å². The molecule has 0 saturated carbocycles. The molecule has 35 heavy (non-hydrogen) atoms. The van der Waals surface area contributed by atoms with E-state index in [0.29, 0.717) is 54.8 Å². The van der Waals surface area contributed by atoms with Crippen LogP contribution in [-0.4, -0.2) is 57.5 Å². The molecular formula is C28H30N2O5. The molecule has 1 fully saturated rings. The second-order valence-electron chi connectivity index (χ2n) is 10.9. The van der Waals surface area contributed by atoms with Crippen LogP contribution in [0.25, 0.3) is 0 Å². The molecule has 3 amide bonds. The number of ether oxygens (including phenoxy) is 1. The van der Waals surface area contributed by atoms with E-state index in [4.69, 9.17) is 4.74 Å². The van der Waals surface area contributed by atoms with Crippen molar-refractivity contribution in [2.75, 3.05) is 13.1 Å². The lowest BCUT2D eigenvalue weighted by Gasteiger charge is -2.44. The SMILES string of the molecule is Cc1ccc2c(c1C)OC1(CCN(C(=O)c3ccc4c(c3)C(=O)N(C(C)(C)C)C4=O)CC1)CC2=O. The number of imide groups is 1. The minimum Gasteiger partial charge on any atom is -0.486 e. The summed E-state index contributed by atoms with van der Waals surface area (Å²) in [5.74, 6) is -0.137. The molecule has 1 saturated heterocycles. The van der Waals surface area contributed by atoms with Crippen molar-refractivity contribution in [1.29, 1.82) is 0 Å². The summed E-state index contributed by atoms with van der Waals surface area (Å²) in [5.41, 5.74) is 2.43. The Hall–Kier alpha value is -3.48. The van der Waals surface area contributed by atoms with Crippen LogP contribution in [-0.2, 0) is 0 Å². The van der Waals surface area contributed by atoms with E-state index in [1.807, 2.05) is 46.8 Å². The molecule has 3 aliphatic rings. The molecule has 2 aromatic carbocycles. The van der Waals surface area contributed by atoms with Crippen LogP contribution < -0.4 is 4.74 Å². The Morgan fingerprint density at radius 1 is 0.914 bits per heavy atom. The van der Waals surface area contributed by atoms with Crippen molar-refractivity contribution in [3.05, 3.63) is 63.7 Å². The van der Waals surface area contributed by atoms with Gasteiger partial charge in [0.1, 0.15) is 11.4 Å². The van der Waals surface area contributed by atoms with Crippen LogP contribution in [0.3, 0.4) is 0 Å². The average molecular weight is 475 g/mol. The summed E-state index contributed by atoms with van der Waals surface area (Å²) in [5, 5.41) is 0. The highest BCUT2D eigenvalue weighted by Crippen LogP contribution is 2.42. The Morgan fingerprint density at radius 3 is 2.20 bits per heavy atom. The number of rotatable bonds is 1. The highest BCUT2D eigenvalue weighted by molar-refractivity contribution is 6.22. The Labute approximate surface area is 205 Å². The number of aryl methyl sites for hydroxylation is 1. The standard InChI is InChI=1S/C28H30N2O5/c1-16-6-8-20-22(31)15-28(35-23(20)17(16)2)10-12-29(13-11-28)24(32)18-7-9-19-21(14-18)26(34)30(25(19)33)27(3,4)5/h6-9,14H,10-13,15H2,1-5H3. The van der Waals surface area contributed by atoms with Gasteiger partial charge in [-0.2, -0.15) is 0 Å². The number of carbonyl (C=O) groups is 4. The lowest BCUT2D eigenvalue weighted by atomic mass is 9.81. The van der Waals surface area contributed by atoms with E-state index >= 15 is 0 Å². The number of likely N-dealkylation sites (tertiary alicyclic amines) is 1. The number of Topliss-reactive ketones (excluding diaryl/α,β-unsaturated/α-hetero) is 1. The van der Waals surface area contributed by atoms with Gasteiger partial charge in [-0.15, -0.1) is 0 Å². The smallest absolute Gasteiger partial charge is 0.262 e. The largest absolute Gasteiger partial charge is 0.486 e. The van der Waals surface area contributed by atoms with E-state index < -0.39 is 11.1 Å². The molecule has 0 unspecified atom stereocenters. The summed E-state index contributed by atoms with van der Waals surface area (Å²) >= 11 is 0. The van der Waals surface area contributed by atoms with Crippen molar-refractivity contribution in [1.82, 2.24) is 9.80 Å². The van der Waals surface area contributed by atoms with Gasteiger partial charge in [0.2, 0.25) is 0 Å². The van der Waals surface area contributed by atoms with Crippen LogP contribution >= 0.6 is 0 Å². The maximum absolute atomic E-state index is 13.3. The van der Waals surface area contributed by atoms with Gasteiger partial charge in [-0.05, 0) is 70.0 Å². The third kappa shape index (κ3) is 3.65. The summed E-state index contributed by atoms with van der Waals surface area (Å²) in [6.07, 6.45) is 1.41. The molecule has 7 nitrogen and oxygen atoms in total. The van der Waals surface area contributed by atoms with Crippen LogP contribution in [0.2, 0.25) is 0 Å². The molecule has 182 valence electrons. The molecule has 7 heteroatoms. The number of amides is 3. The highest BCUT2D eigenvalue weighted by atomic mass is 16.5. The van der Waals surface area contributed by atoms with Crippen molar-refractivity contribution in [2.24, 2.45) is 0 Å². The second-order valence-corrected chi connectivity index (χ2v) is 10.9. The summed E-state index contributed by atoms with van der Waals surface area (Å²) < 4.78 is 6.46. The Morgan fingerprint density at radius 2 is 1.54 bits per heavy atom. The third-order valence-corrected chi connectivity index (χ3v) is 7.54. The van der Waals surface area contributed by atoms with Gasteiger partial charge < -0.3 is 9.64 Å². The quantitative estimate of drug-likeness (QED) is 0.574. The number of piperidine rings is 1. The normalized spacial score (nSPS) is 19.1. The first-order valence-electron chi connectivity index (χ1n) is 12.1. The Kier molecular flexibility index (Phi) is 5.16. The highest BCUT2D eigenvalue weighted by Gasteiger charge is 2.45. The van der Waals surface area contributed by atoms with Crippen LogP contribution in [0, 0.1) is 13.8 Å². The molecule has 0 atom stereocenters. The van der Waals surface area contributed by atoms with Crippen molar-refractivity contribution < 1.29 is 23.9 Å². The number of ketones is 1. The molecule has 3 heterocycles. The average Bonchev–Trinajstić information content (AvgIpc) is 3.06. The summed E-state index contributed by atoms with van der Waals surface area (Å²) in [7, 11) is 0. The maximum atomic E-state index is 13.3. The maximum Gasteiger partial charge on any atom is 0.262 e. The third-order valence-electron chi connectivity index (χ3n) is 7.54. The van der Waals surface area contributed by atoms with Gasteiger partial charge in [0.05, 0.1) is 23.1 Å². The molecule has 2 aromatic rings. The summed E-state index contributed by atoms with van der Waals surface area (Å²) in [6, 6.07) is 8.52. The van der Waals surface area contributed by atoms with Gasteiger partial charge in [0.15, 0.2) is 5.78 Å². The number of hydrogen-bond donors (Lipinski definition) is 0. The van der Waals surface area contributed by atoms with Crippen LogP contribution in [0.1, 0.15) is 92.6 Å². The van der Waals surface area contributed by atoms with E-state index in [1.165, 1.54) is 11.0 Å². The number of hydrogen-bond acceptors (Lipinski definition) is 5. The van der Waals surface area contributed by atoms with Crippen LogP contribution in [0.4, 0.5) is 0 Å². The van der Waals surface area contributed by atoms with Crippen LogP contribution in [0.5, 0.6) is 5.75 Å². The fourth-order valence-electron chi connectivity index (χ4n) is 5.34. The summed E-state index contributed by atoms with van der Waals surface area (Å²) in [6.45, 7) is 10.3. The lowest BCUT2D eigenvalue weighted by Crippen LogP contribution is -2.52. The predicted molar refractivity (Wildman–Crippen MR) is 130 cm³/mol. The fourth-order valence-corrected chi connectivity index (χ4v) is 5.34. The van der Waals surface area contributed by atoms with E-state index in [1.54, 1.807) is 17.0 Å². The predicted octanol–water partition coefficient (Wildman–Crippen LogP) is 4.34. The van der Waals surface area contributed by atoms with Gasteiger partial charge in [0, 0.05) is 37.0 Å². The monoisotopic (exact) mass is 474 g/mol. The van der Waals surface area contributed by atoms with Gasteiger partial charge in [-0.25, -0.2) is 0 Å². The molecule has 0 radical (unpaired) electrons. The van der Waals surface area contributed by atoms with E-state index in [0.717, 1.165) is 11.1 Å². The van der Waals surface area contributed by atoms with Gasteiger partial charge in [-0.3, -0.25) is 24.1 Å². The summed E-state index contributed by atoms with van der Waals surface area (Å²) in [4.78, 5) is 54.8. The van der Waals surface area contributed by atoms with Crippen molar-refractivity contribution in [3.63, 3.8) is 0 Å². The van der Waals surface area contributed by atoms with Crippen LogP contribution in [0.15, 0.2) is 30.3 Å². The minimum absolute atomic E-state index is 0.0827. The minimum atomic E-state index is -0.647. The first kappa shape index (κ1) is 23.3. The van der Waals surface area contributed by atoms with Crippen molar-refractivity contribution in [2.45, 2.75) is 65.0 Å². The number of carbonyl (C=O) groups excluding carboxylic acids is 4. The zero-order valence-electron chi connectivity index (χ0n) is 20.9. The molecule has 0 N–H and O–H groups in total. The first-order valence-corrected chi connectivity index (χ1v) is 12.1. The molecule has 3 aliphatic heterocycles. The van der Waals surface area contributed by atoms with Gasteiger partial charge in [0.25, 0.3) is 17.7 Å². The van der Waals surface area contributed by atoms with E-state index in [-0.39, 0.29) is 29.1 Å². The number of benzene rings is 2. The van der Waals surface area contributed by atoms with E-state index in [9.17, 15) is 19.2 Å². The topological polar surface area (TPSA) is 84.0 Å². The van der Waals surface area contributed by atoms with Crippen molar-refractivity contribution >= 4 is 23.5 Å². The number of fused-ring (bicyclic) bond motifs is 2. The Bertz CT molecular complexity index is 1300. The first-order chi connectivity index (χ1) is 16.4. The molecule has 5 rings (SSSR count). The zero-order chi connectivity index (χ0) is 25.3. The lowest BCUT2D eigenvalue weighted by molar-refractivity contribution is -0.00622. The number of nitrogens with zero attached hydrogens (tertiary/aromatic N) is 2. The Balaban J connectivity index is 1.34.